The van der Waals surface area contributed by atoms with Crippen molar-refractivity contribution in [3.8, 4) is 44.5 Å². The Morgan fingerprint density at radius 1 is 0.324 bits per heavy atom. The first-order chi connectivity index (χ1) is 16.5. The second kappa shape index (κ2) is 9.15. The summed E-state index contributed by atoms with van der Waals surface area (Å²) in [5.41, 5.74) is 15.4. The Morgan fingerprint density at radius 3 is 1.44 bits per heavy atom. The quantitative estimate of drug-likeness (QED) is 0.262. The third-order valence-corrected chi connectivity index (χ3v) is 6.80. The molecule has 0 aliphatic heterocycles. The zero-order valence-electron chi connectivity index (χ0n) is 20.4. The predicted octanol–water partition coefficient (Wildman–Crippen LogP) is 9.59. The Morgan fingerprint density at radius 2 is 0.824 bits per heavy atom. The van der Waals surface area contributed by atoms with Crippen LogP contribution in [0.15, 0.2) is 109 Å². The van der Waals surface area contributed by atoms with E-state index in [1.165, 1.54) is 66.8 Å². The fourth-order valence-electron chi connectivity index (χ4n) is 4.76. The largest absolute Gasteiger partial charge is 0.0620 e. The molecule has 5 rings (SSSR count). The molecule has 0 unspecified atom stereocenters. The highest BCUT2D eigenvalue weighted by Gasteiger charge is 2.08. The molecule has 0 aliphatic rings. The van der Waals surface area contributed by atoms with Crippen LogP contribution >= 0.6 is 0 Å². The van der Waals surface area contributed by atoms with Crippen molar-refractivity contribution in [2.75, 3.05) is 0 Å². The minimum Gasteiger partial charge on any atom is -0.0620 e. The van der Waals surface area contributed by atoms with Crippen LogP contribution in [0.2, 0.25) is 0 Å². The fourth-order valence-corrected chi connectivity index (χ4v) is 4.76. The van der Waals surface area contributed by atoms with Gasteiger partial charge >= 0.3 is 0 Å². The molecule has 0 amide bonds. The third-order valence-electron chi connectivity index (χ3n) is 6.80. The van der Waals surface area contributed by atoms with Crippen LogP contribution in [-0.2, 0) is 0 Å². The molecule has 0 fully saturated rings. The van der Waals surface area contributed by atoms with Gasteiger partial charge in [0, 0.05) is 0 Å². The van der Waals surface area contributed by atoms with Crippen molar-refractivity contribution in [1.29, 1.82) is 0 Å². The summed E-state index contributed by atoms with van der Waals surface area (Å²) >= 11 is 0. The Labute approximate surface area is 203 Å². The van der Waals surface area contributed by atoms with Crippen LogP contribution in [0.4, 0.5) is 0 Å². The normalized spacial score (nSPS) is 10.9. The van der Waals surface area contributed by atoms with Gasteiger partial charge in [0.15, 0.2) is 0 Å². The number of hydrogen-bond acceptors (Lipinski definition) is 0. The highest BCUT2D eigenvalue weighted by atomic mass is 14.1. The lowest BCUT2D eigenvalue weighted by Crippen LogP contribution is -1.88. The van der Waals surface area contributed by atoms with Gasteiger partial charge in [0.05, 0.1) is 0 Å². The zero-order valence-corrected chi connectivity index (χ0v) is 20.4. The molecule has 0 nitrogen and oxygen atoms in total. The van der Waals surface area contributed by atoms with Gasteiger partial charge in [-0.15, -0.1) is 0 Å². The second-order valence-electron chi connectivity index (χ2n) is 9.32. The van der Waals surface area contributed by atoms with E-state index in [2.05, 4.69) is 137 Å². The summed E-state index contributed by atoms with van der Waals surface area (Å²) in [7, 11) is 0. The molecule has 0 heteroatoms. The fraction of sp³-hybridized carbons (Fsp3) is 0.118. The van der Waals surface area contributed by atoms with Crippen LogP contribution in [0.25, 0.3) is 44.5 Å². The first-order valence-corrected chi connectivity index (χ1v) is 11.9. The molecule has 5 aromatic rings. The Bertz CT molecular complexity index is 1450. The van der Waals surface area contributed by atoms with E-state index >= 15 is 0 Å². The first kappa shape index (κ1) is 21.9. The Hall–Kier alpha value is -3.90. The molecule has 0 bridgehead atoms. The van der Waals surface area contributed by atoms with E-state index in [-0.39, 0.29) is 0 Å². The number of hydrogen-bond donors (Lipinski definition) is 0. The van der Waals surface area contributed by atoms with E-state index in [0.717, 1.165) is 0 Å². The molecule has 0 radical (unpaired) electrons. The zero-order chi connectivity index (χ0) is 23.7. The molecule has 0 spiro atoms. The molecule has 0 aliphatic carbocycles. The van der Waals surface area contributed by atoms with Gasteiger partial charge in [0.25, 0.3) is 0 Å². The Balaban J connectivity index is 1.39. The first-order valence-electron chi connectivity index (χ1n) is 11.9. The molecule has 0 heterocycles. The van der Waals surface area contributed by atoms with Crippen LogP contribution in [-0.4, -0.2) is 0 Å². The molecule has 166 valence electrons. The van der Waals surface area contributed by atoms with E-state index in [1.807, 2.05) is 0 Å². The van der Waals surface area contributed by atoms with Crippen molar-refractivity contribution in [2.24, 2.45) is 0 Å². The van der Waals surface area contributed by atoms with Crippen molar-refractivity contribution in [3.05, 3.63) is 131 Å². The summed E-state index contributed by atoms with van der Waals surface area (Å²) in [5, 5.41) is 0. The van der Waals surface area contributed by atoms with Gasteiger partial charge in [-0.1, -0.05) is 115 Å². The van der Waals surface area contributed by atoms with Gasteiger partial charge < -0.3 is 0 Å². The second-order valence-corrected chi connectivity index (χ2v) is 9.32. The van der Waals surface area contributed by atoms with E-state index in [0.29, 0.717) is 0 Å². The number of aryl methyl sites for hydroxylation is 4. The van der Waals surface area contributed by atoms with E-state index in [1.54, 1.807) is 0 Å². The third kappa shape index (κ3) is 4.32. The molecule has 0 aromatic heterocycles. The summed E-state index contributed by atoms with van der Waals surface area (Å²) < 4.78 is 0. The van der Waals surface area contributed by atoms with Gasteiger partial charge in [-0.25, -0.2) is 0 Å². The molecule has 0 atom stereocenters. The average Bonchev–Trinajstić information content (AvgIpc) is 2.86. The van der Waals surface area contributed by atoms with Crippen LogP contribution in [0.5, 0.6) is 0 Å². The van der Waals surface area contributed by atoms with E-state index in [9.17, 15) is 0 Å². The lowest BCUT2D eigenvalue weighted by atomic mass is 9.92. The lowest BCUT2D eigenvalue weighted by molar-refractivity contribution is 1.39. The summed E-state index contributed by atoms with van der Waals surface area (Å²) in [6, 6.07) is 39.9. The van der Waals surface area contributed by atoms with E-state index < -0.39 is 0 Å². The van der Waals surface area contributed by atoms with Gasteiger partial charge in [0.1, 0.15) is 0 Å². The topological polar surface area (TPSA) is 0 Å². The number of rotatable bonds is 4. The summed E-state index contributed by atoms with van der Waals surface area (Å²) in [5.74, 6) is 0. The minimum absolute atomic E-state index is 1.24. The highest BCUT2D eigenvalue weighted by Crippen LogP contribution is 2.32. The number of benzene rings is 5. The SMILES string of the molecule is Cc1ccc(C)c(-c2ccc(-c3ccc(-c4ccc(-c5ccccc5C)c(C)c4)cc3)cc2)c1. The minimum atomic E-state index is 1.24. The van der Waals surface area contributed by atoms with Crippen LogP contribution in [0.3, 0.4) is 0 Å². The molecule has 34 heavy (non-hydrogen) atoms. The van der Waals surface area contributed by atoms with Crippen molar-refractivity contribution in [3.63, 3.8) is 0 Å². The van der Waals surface area contributed by atoms with Crippen molar-refractivity contribution in [1.82, 2.24) is 0 Å². The summed E-state index contributed by atoms with van der Waals surface area (Å²) in [6.07, 6.45) is 0. The maximum absolute atomic E-state index is 2.30. The van der Waals surface area contributed by atoms with Crippen LogP contribution in [0.1, 0.15) is 22.3 Å². The molecule has 5 aromatic carbocycles. The van der Waals surface area contributed by atoms with Crippen molar-refractivity contribution in [2.45, 2.75) is 27.7 Å². The van der Waals surface area contributed by atoms with Gasteiger partial charge in [-0.3, -0.25) is 0 Å². The lowest BCUT2D eigenvalue weighted by Gasteiger charge is -2.12. The van der Waals surface area contributed by atoms with Crippen LogP contribution in [0, 0.1) is 27.7 Å². The maximum Gasteiger partial charge on any atom is -0.0152 e. The van der Waals surface area contributed by atoms with Gasteiger partial charge in [-0.2, -0.15) is 0 Å². The highest BCUT2D eigenvalue weighted by molar-refractivity contribution is 5.77. The molecular weight excluding hydrogens is 408 g/mol. The monoisotopic (exact) mass is 438 g/mol. The Kier molecular flexibility index (Phi) is 5.90. The maximum atomic E-state index is 2.30. The summed E-state index contributed by atoms with van der Waals surface area (Å²) in [6.45, 7) is 8.71. The van der Waals surface area contributed by atoms with Gasteiger partial charge in [0.2, 0.25) is 0 Å². The molecule has 0 saturated carbocycles. The molecule has 0 N–H and O–H groups in total. The molecule has 0 saturated heterocycles. The smallest absolute Gasteiger partial charge is 0.0152 e. The summed E-state index contributed by atoms with van der Waals surface area (Å²) in [4.78, 5) is 0. The average molecular weight is 439 g/mol. The van der Waals surface area contributed by atoms with E-state index in [4.69, 9.17) is 0 Å². The van der Waals surface area contributed by atoms with Crippen LogP contribution < -0.4 is 0 Å². The standard InChI is InChI=1S/C34H30/c1-23-9-10-25(3)34(21-23)30-17-15-28(16-18-30)27-11-13-29(14-12-27)31-19-20-33(26(4)22-31)32-8-6-5-7-24(32)2/h5-22H,1-4H3. The van der Waals surface area contributed by atoms with Gasteiger partial charge in [-0.05, 0) is 88.9 Å². The van der Waals surface area contributed by atoms with Crippen molar-refractivity contribution >= 4 is 0 Å². The predicted molar refractivity (Wildman–Crippen MR) is 147 cm³/mol. The molecular formula is C34H30. The van der Waals surface area contributed by atoms with Crippen molar-refractivity contribution < 1.29 is 0 Å².